The quantitative estimate of drug-likeness (QED) is 0.0734. The largest absolute Gasteiger partial charge is 0.480 e. The highest BCUT2D eigenvalue weighted by atomic mass is 16.4. The summed E-state index contributed by atoms with van der Waals surface area (Å²) in [5.74, 6) is -0.534. The van der Waals surface area contributed by atoms with Crippen molar-refractivity contribution in [3.63, 3.8) is 0 Å². The van der Waals surface area contributed by atoms with Gasteiger partial charge in [0.05, 0.1) is 41.3 Å². The average Bonchev–Trinajstić information content (AvgIpc) is 2.64. The number of hydrogen-bond donors (Lipinski definition) is 9. The number of nitrogens with two attached hydrogens (primary N) is 3. The van der Waals surface area contributed by atoms with Gasteiger partial charge in [-0.25, -0.2) is 0 Å². The molecule has 0 bridgehead atoms. The molecule has 0 saturated heterocycles. The lowest BCUT2D eigenvalue weighted by Crippen LogP contribution is -2.75. The zero-order valence-electron chi connectivity index (χ0n) is 17.3. The summed E-state index contributed by atoms with van der Waals surface area (Å²) in [5, 5.41) is 25.9. The molecule has 164 valence electrons. The fourth-order valence-electron chi connectivity index (χ4n) is 1.78. The highest BCUT2D eigenvalue weighted by molar-refractivity contribution is 5.74. The Morgan fingerprint density at radius 1 is 1.00 bits per heavy atom. The third-order valence-corrected chi connectivity index (χ3v) is 3.61. The van der Waals surface area contributed by atoms with Crippen molar-refractivity contribution in [2.24, 2.45) is 17.2 Å². The molecule has 0 aliphatic carbocycles. The second-order valence-corrected chi connectivity index (χ2v) is 6.18. The van der Waals surface area contributed by atoms with E-state index in [2.05, 4.69) is 20.9 Å². The van der Waals surface area contributed by atoms with Gasteiger partial charge in [0, 0.05) is 0 Å². The van der Waals surface area contributed by atoms with Crippen LogP contribution in [0.15, 0.2) is 0 Å². The molecule has 28 heavy (non-hydrogen) atoms. The van der Waals surface area contributed by atoms with E-state index in [0.29, 0.717) is 38.3 Å². The molecule has 0 heterocycles. The first kappa shape index (κ1) is 27.6. The third-order valence-electron chi connectivity index (χ3n) is 3.61. The van der Waals surface area contributed by atoms with Gasteiger partial charge in [0.1, 0.15) is 12.1 Å². The Kier molecular flexibility index (Phi) is 16.3. The van der Waals surface area contributed by atoms with Crippen LogP contribution in [-0.2, 0) is 9.59 Å². The number of hydrogen-bond acceptors (Lipinski definition) is 4. The molecule has 0 amide bonds. The molecule has 0 aliphatic rings. The summed E-state index contributed by atoms with van der Waals surface area (Å²) in [7, 11) is 7.24. The molecule has 0 fully saturated rings. The molecule has 0 radical (unpaired) electrons. The van der Waals surface area contributed by atoms with Crippen molar-refractivity contribution in [3.8, 4) is 0 Å². The Hall–Kier alpha value is -2.60. The Morgan fingerprint density at radius 2 is 1.43 bits per heavy atom. The van der Waals surface area contributed by atoms with Gasteiger partial charge < -0.3 is 21.7 Å². The number of nitrogens with zero attached hydrogens (tertiary/aromatic N) is 1. The SMILES string of the molecule is CNC(NCCCC(N)C(=O)O)=[NH+]C.C[N+](C)=C(N)NCCCC(N)C(=O)O. The molecule has 0 aromatic rings. The molecule has 12 N–H and O–H groups in total. The summed E-state index contributed by atoms with van der Waals surface area (Å²) >= 11 is 0. The van der Waals surface area contributed by atoms with Crippen LogP contribution in [0, 0.1) is 0 Å². The number of carbonyl (C=O) groups is 2. The number of nitrogens with one attached hydrogen (secondary N) is 4. The number of guanidine groups is 2. The van der Waals surface area contributed by atoms with Gasteiger partial charge in [-0.15, -0.1) is 0 Å². The summed E-state index contributed by atoms with van der Waals surface area (Å²) in [5.41, 5.74) is 16.2. The molecule has 2 atom stereocenters. The van der Waals surface area contributed by atoms with Gasteiger partial charge in [0.2, 0.25) is 0 Å². The Labute approximate surface area is 166 Å². The van der Waals surface area contributed by atoms with Crippen LogP contribution in [0.2, 0.25) is 0 Å². The Balaban J connectivity index is 0. The maximum absolute atomic E-state index is 10.4. The molecule has 0 aromatic heterocycles. The molecule has 0 aromatic carbocycles. The summed E-state index contributed by atoms with van der Waals surface area (Å²) in [6.45, 7) is 1.32. The number of carboxylic acid groups (broad SMARTS) is 2. The van der Waals surface area contributed by atoms with Crippen LogP contribution in [0.3, 0.4) is 0 Å². The first-order valence-electron chi connectivity index (χ1n) is 9.03. The minimum absolute atomic E-state index is 0.447. The van der Waals surface area contributed by atoms with Gasteiger partial charge in [0.15, 0.2) is 0 Å². The van der Waals surface area contributed by atoms with Crippen LogP contribution >= 0.6 is 0 Å². The maximum Gasteiger partial charge on any atom is 0.342 e. The van der Waals surface area contributed by atoms with Crippen molar-refractivity contribution in [2.75, 3.05) is 41.3 Å². The summed E-state index contributed by atoms with van der Waals surface area (Å²) in [6, 6.07) is -1.54. The van der Waals surface area contributed by atoms with Crippen LogP contribution in [0.25, 0.3) is 0 Å². The highest BCUT2D eigenvalue weighted by Gasteiger charge is 2.11. The summed E-state index contributed by atoms with van der Waals surface area (Å²) in [4.78, 5) is 23.6. The standard InChI is InChI=1S/2C8H18N4O2/c1-12(2)8(10)11-5-3-4-6(9)7(13)14;1-10-8(11-2)12-5-3-4-6(9)7(13)14/h6H,3-5,9H2,1-2H3,(H3,10,11,13,14);6H,3-5,9H2,1-2H3,(H,13,14)(H2,10,11,12)/p+2. The second kappa shape index (κ2) is 16.6. The molecule has 12 heteroatoms. The smallest absolute Gasteiger partial charge is 0.342 e. The zero-order chi connectivity index (χ0) is 22.1. The molecule has 2 unspecified atom stereocenters. The average molecular weight is 407 g/mol. The van der Waals surface area contributed by atoms with Crippen molar-refractivity contribution in [2.45, 2.75) is 37.8 Å². The summed E-state index contributed by atoms with van der Waals surface area (Å²) < 4.78 is 1.75. The van der Waals surface area contributed by atoms with E-state index in [9.17, 15) is 9.59 Å². The second-order valence-electron chi connectivity index (χ2n) is 6.18. The molecule has 12 nitrogen and oxygen atoms in total. The van der Waals surface area contributed by atoms with Gasteiger partial charge in [0.25, 0.3) is 0 Å². The van der Waals surface area contributed by atoms with E-state index in [-0.39, 0.29) is 0 Å². The number of rotatable bonds is 10. The maximum atomic E-state index is 10.4. The first-order chi connectivity index (χ1) is 13.1. The minimum Gasteiger partial charge on any atom is -0.480 e. The van der Waals surface area contributed by atoms with Crippen LogP contribution < -0.4 is 38.1 Å². The van der Waals surface area contributed by atoms with E-state index >= 15 is 0 Å². The first-order valence-corrected chi connectivity index (χ1v) is 9.03. The van der Waals surface area contributed by atoms with Crippen molar-refractivity contribution in [3.05, 3.63) is 0 Å². The summed E-state index contributed by atoms with van der Waals surface area (Å²) in [6.07, 6.45) is 2.33. The predicted octanol–water partition coefficient (Wildman–Crippen LogP) is -4.59. The molecule has 0 rings (SSSR count). The van der Waals surface area contributed by atoms with Crippen LogP contribution in [0.5, 0.6) is 0 Å². The highest BCUT2D eigenvalue weighted by Crippen LogP contribution is 1.93. The van der Waals surface area contributed by atoms with E-state index in [1.165, 1.54) is 0 Å². The Morgan fingerprint density at radius 3 is 1.75 bits per heavy atom. The lowest BCUT2D eigenvalue weighted by Gasteiger charge is -2.05. The van der Waals surface area contributed by atoms with Gasteiger partial charge in [-0.1, -0.05) is 0 Å². The fraction of sp³-hybridized carbons (Fsp3) is 0.750. The minimum atomic E-state index is -0.963. The molecule has 0 aliphatic heterocycles. The van der Waals surface area contributed by atoms with Crippen molar-refractivity contribution in [1.29, 1.82) is 0 Å². The molecular weight excluding hydrogens is 368 g/mol. The predicted molar refractivity (Wildman–Crippen MR) is 108 cm³/mol. The van der Waals surface area contributed by atoms with E-state index in [1.807, 2.05) is 14.1 Å². The topological polar surface area (TPSA) is 206 Å². The van der Waals surface area contributed by atoms with Gasteiger partial charge in [-0.05, 0) is 25.7 Å². The lowest BCUT2D eigenvalue weighted by molar-refractivity contribution is -0.467. The Bertz CT molecular complexity index is 521. The van der Waals surface area contributed by atoms with Crippen LogP contribution in [0.1, 0.15) is 25.7 Å². The monoisotopic (exact) mass is 406 g/mol. The number of aliphatic carboxylic acids is 2. The molecule has 0 saturated carbocycles. The van der Waals surface area contributed by atoms with Gasteiger partial charge in [-0.3, -0.25) is 40.8 Å². The van der Waals surface area contributed by atoms with Gasteiger partial charge in [-0.2, -0.15) is 0 Å². The van der Waals surface area contributed by atoms with E-state index < -0.39 is 24.0 Å². The normalized spacial score (nSPS) is 12.7. The molecule has 0 spiro atoms. The van der Waals surface area contributed by atoms with E-state index in [1.54, 1.807) is 18.7 Å². The van der Waals surface area contributed by atoms with E-state index in [0.717, 1.165) is 12.4 Å². The fourth-order valence-corrected chi connectivity index (χ4v) is 1.78. The number of carboxylic acids is 2. The third kappa shape index (κ3) is 15.6. The van der Waals surface area contributed by atoms with Crippen molar-refractivity contribution < 1.29 is 29.4 Å². The van der Waals surface area contributed by atoms with E-state index in [4.69, 9.17) is 27.4 Å². The van der Waals surface area contributed by atoms with Crippen LogP contribution in [0.4, 0.5) is 0 Å². The van der Waals surface area contributed by atoms with Crippen molar-refractivity contribution in [1.82, 2.24) is 16.0 Å². The molecular formula is C16H38N8O4+2. The van der Waals surface area contributed by atoms with Gasteiger partial charge >= 0.3 is 23.9 Å². The zero-order valence-corrected chi connectivity index (χ0v) is 17.3. The lowest BCUT2D eigenvalue weighted by atomic mass is 10.2. The van der Waals surface area contributed by atoms with Crippen LogP contribution in [-0.4, -0.2) is 92.0 Å². The van der Waals surface area contributed by atoms with Crippen molar-refractivity contribution >= 4 is 23.9 Å².